The average molecular weight is 459 g/mol. The van der Waals surface area contributed by atoms with Gasteiger partial charge >= 0.3 is 0 Å². The molecule has 2 aromatic carbocycles. The van der Waals surface area contributed by atoms with Gasteiger partial charge in [-0.2, -0.15) is 4.98 Å². The summed E-state index contributed by atoms with van der Waals surface area (Å²) in [5.41, 5.74) is 1.81. The lowest BCUT2D eigenvalue weighted by molar-refractivity contribution is 0.0614. The monoisotopic (exact) mass is 458 g/mol. The van der Waals surface area contributed by atoms with Gasteiger partial charge in [0.05, 0.1) is 6.54 Å². The van der Waals surface area contributed by atoms with E-state index in [-0.39, 0.29) is 11.7 Å². The van der Waals surface area contributed by atoms with Gasteiger partial charge in [-0.25, -0.2) is 4.39 Å². The largest absolute Gasteiger partial charge is 0.338 e. The molecule has 0 aliphatic carbocycles. The summed E-state index contributed by atoms with van der Waals surface area (Å²) in [7, 11) is 0. The molecule has 0 spiro atoms. The van der Waals surface area contributed by atoms with Crippen molar-refractivity contribution in [3.05, 3.63) is 69.8 Å². The van der Waals surface area contributed by atoms with E-state index < -0.39 is 0 Å². The van der Waals surface area contributed by atoms with Crippen LogP contribution < -0.4 is 0 Å². The lowest BCUT2D eigenvalue weighted by atomic mass is 10.1. The summed E-state index contributed by atoms with van der Waals surface area (Å²) >= 11 is 3.44. The highest BCUT2D eigenvalue weighted by Gasteiger charge is 2.24. The second kappa shape index (κ2) is 8.42. The van der Waals surface area contributed by atoms with E-state index in [4.69, 9.17) is 4.52 Å². The Morgan fingerprint density at radius 2 is 1.97 bits per heavy atom. The van der Waals surface area contributed by atoms with Crippen molar-refractivity contribution in [2.45, 2.75) is 13.5 Å². The van der Waals surface area contributed by atoms with Crippen LogP contribution in [0.15, 0.2) is 51.5 Å². The average Bonchev–Trinajstić information content (AvgIpc) is 3.19. The summed E-state index contributed by atoms with van der Waals surface area (Å²) in [6.07, 6.45) is 0. The fraction of sp³-hybridized carbons (Fsp3) is 0.286. The standard InChI is InChI=1S/C21H20BrFN4O2/c1-14-5-6-16(12-18(14)23)21(28)27-9-7-26(8-10-27)13-19-24-20(25-29-19)15-3-2-4-17(22)11-15/h2-6,11-12H,7-10,13H2,1H3. The number of carbonyl (C=O) groups is 1. The maximum absolute atomic E-state index is 13.8. The quantitative estimate of drug-likeness (QED) is 0.592. The van der Waals surface area contributed by atoms with Crippen molar-refractivity contribution in [3.63, 3.8) is 0 Å². The first-order valence-corrected chi connectivity index (χ1v) is 10.2. The smallest absolute Gasteiger partial charge is 0.254 e. The summed E-state index contributed by atoms with van der Waals surface area (Å²) in [6, 6.07) is 12.4. The summed E-state index contributed by atoms with van der Waals surface area (Å²) in [6.45, 7) is 4.73. The van der Waals surface area contributed by atoms with Gasteiger partial charge in [0, 0.05) is 41.8 Å². The van der Waals surface area contributed by atoms with Crippen LogP contribution in [0.4, 0.5) is 4.39 Å². The summed E-state index contributed by atoms with van der Waals surface area (Å²) in [5.74, 6) is 0.599. The van der Waals surface area contributed by atoms with Gasteiger partial charge in [0.1, 0.15) is 5.82 Å². The van der Waals surface area contributed by atoms with Gasteiger partial charge < -0.3 is 9.42 Å². The first-order valence-electron chi connectivity index (χ1n) is 9.36. The van der Waals surface area contributed by atoms with Crippen LogP contribution >= 0.6 is 15.9 Å². The molecule has 0 radical (unpaired) electrons. The molecule has 0 saturated carbocycles. The maximum Gasteiger partial charge on any atom is 0.254 e. The van der Waals surface area contributed by atoms with Gasteiger partial charge in [-0.15, -0.1) is 0 Å². The number of hydrogen-bond donors (Lipinski definition) is 0. The SMILES string of the molecule is Cc1ccc(C(=O)N2CCN(Cc3nc(-c4cccc(Br)c4)no3)CC2)cc1F. The molecule has 1 saturated heterocycles. The number of piperazine rings is 1. The van der Waals surface area contributed by atoms with Crippen molar-refractivity contribution in [2.24, 2.45) is 0 Å². The third-order valence-corrected chi connectivity index (χ3v) is 5.48. The first-order chi connectivity index (χ1) is 14.0. The van der Waals surface area contributed by atoms with Crippen LogP contribution in [0.3, 0.4) is 0 Å². The molecule has 6 nitrogen and oxygen atoms in total. The zero-order chi connectivity index (χ0) is 20.4. The highest BCUT2D eigenvalue weighted by Crippen LogP contribution is 2.21. The minimum atomic E-state index is -0.355. The number of carbonyl (C=O) groups excluding carboxylic acids is 1. The third kappa shape index (κ3) is 4.54. The number of aromatic nitrogens is 2. The molecule has 0 unspecified atom stereocenters. The number of aryl methyl sites for hydroxylation is 1. The highest BCUT2D eigenvalue weighted by atomic mass is 79.9. The fourth-order valence-electron chi connectivity index (χ4n) is 3.27. The number of benzene rings is 2. The fourth-order valence-corrected chi connectivity index (χ4v) is 3.67. The van der Waals surface area contributed by atoms with Gasteiger partial charge in [-0.05, 0) is 36.8 Å². The van der Waals surface area contributed by atoms with Crippen molar-refractivity contribution in [3.8, 4) is 11.4 Å². The van der Waals surface area contributed by atoms with Crippen molar-refractivity contribution in [1.29, 1.82) is 0 Å². The zero-order valence-electron chi connectivity index (χ0n) is 15.9. The predicted octanol–water partition coefficient (Wildman–Crippen LogP) is 3.90. The molecule has 1 amide bonds. The van der Waals surface area contributed by atoms with Gasteiger partial charge in [0.15, 0.2) is 0 Å². The Balaban J connectivity index is 1.34. The van der Waals surface area contributed by atoms with Gasteiger partial charge in [-0.1, -0.05) is 39.3 Å². The maximum atomic E-state index is 13.8. The van der Waals surface area contributed by atoms with Crippen LogP contribution in [0.25, 0.3) is 11.4 Å². The van der Waals surface area contributed by atoms with Crippen LogP contribution in [-0.4, -0.2) is 52.0 Å². The molecule has 0 bridgehead atoms. The lowest BCUT2D eigenvalue weighted by Gasteiger charge is -2.34. The normalized spacial score (nSPS) is 14.9. The third-order valence-electron chi connectivity index (χ3n) is 4.99. The Bertz CT molecular complexity index is 1030. The van der Waals surface area contributed by atoms with Crippen molar-refractivity contribution in [2.75, 3.05) is 26.2 Å². The first kappa shape index (κ1) is 19.7. The topological polar surface area (TPSA) is 62.5 Å². The van der Waals surface area contributed by atoms with Crippen molar-refractivity contribution in [1.82, 2.24) is 19.9 Å². The minimum absolute atomic E-state index is 0.140. The van der Waals surface area contributed by atoms with Gasteiger partial charge in [-0.3, -0.25) is 9.69 Å². The van der Waals surface area contributed by atoms with Crippen LogP contribution in [0.2, 0.25) is 0 Å². The molecule has 0 atom stereocenters. The zero-order valence-corrected chi connectivity index (χ0v) is 17.5. The van der Waals surface area contributed by atoms with Crippen molar-refractivity contribution >= 4 is 21.8 Å². The van der Waals surface area contributed by atoms with E-state index >= 15 is 0 Å². The molecular formula is C21H20BrFN4O2. The molecule has 150 valence electrons. The Labute approximate surface area is 176 Å². The van der Waals surface area contributed by atoms with E-state index in [2.05, 4.69) is 31.0 Å². The van der Waals surface area contributed by atoms with E-state index in [1.54, 1.807) is 24.0 Å². The van der Waals surface area contributed by atoms with Crippen LogP contribution in [-0.2, 0) is 6.54 Å². The molecule has 3 aromatic rings. The Kier molecular flexibility index (Phi) is 5.73. The van der Waals surface area contributed by atoms with Gasteiger partial charge in [0.25, 0.3) is 5.91 Å². The minimum Gasteiger partial charge on any atom is -0.338 e. The van der Waals surface area contributed by atoms with Crippen LogP contribution in [0, 0.1) is 12.7 Å². The summed E-state index contributed by atoms with van der Waals surface area (Å²) in [5, 5.41) is 4.06. The molecule has 1 fully saturated rings. The highest BCUT2D eigenvalue weighted by molar-refractivity contribution is 9.10. The Morgan fingerprint density at radius 1 is 1.17 bits per heavy atom. The van der Waals surface area contributed by atoms with E-state index in [0.717, 1.165) is 10.0 Å². The molecule has 29 heavy (non-hydrogen) atoms. The Morgan fingerprint density at radius 3 is 2.69 bits per heavy atom. The summed E-state index contributed by atoms with van der Waals surface area (Å²) < 4.78 is 20.1. The van der Waals surface area contributed by atoms with E-state index in [1.807, 2.05) is 24.3 Å². The second-order valence-electron chi connectivity index (χ2n) is 7.05. The van der Waals surface area contributed by atoms with E-state index in [9.17, 15) is 9.18 Å². The van der Waals surface area contributed by atoms with Crippen LogP contribution in [0.5, 0.6) is 0 Å². The molecule has 8 heteroatoms. The van der Waals surface area contributed by atoms with Crippen molar-refractivity contribution < 1.29 is 13.7 Å². The number of nitrogens with zero attached hydrogens (tertiary/aromatic N) is 4. The number of rotatable bonds is 4. The molecule has 2 heterocycles. The number of halogens is 2. The van der Waals surface area contributed by atoms with E-state index in [0.29, 0.717) is 55.6 Å². The van der Waals surface area contributed by atoms with Crippen LogP contribution in [0.1, 0.15) is 21.8 Å². The second-order valence-corrected chi connectivity index (χ2v) is 7.97. The predicted molar refractivity (Wildman–Crippen MR) is 110 cm³/mol. The molecule has 4 rings (SSSR count). The number of hydrogen-bond acceptors (Lipinski definition) is 5. The Hall–Kier alpha value is -2.58. The lowest BCUT2D eigenvalue weighted by Crippen LogP contribution is -2.48. The molecular weight excluding hydrogens is 439 g/mol. The molecule has 1 aliphatic heterocycles. The van der Waals surface area contributed by atoms with E-state index in [1.165, 1.54) is 6.07 Å². The molecule has 1 aromatic heterocycles. The molecule has 1 aliphatic rings. The summed E-state index contributed by atoms with van der Waals surface area (Å²) in [4.78, 5) is 21.0. The van der Waals surface area contributed by atoms with Gasteiger partial charge in [0.2, 0.25) is 11.7 Å². The number of amides is 1. The molecule has 0 N–H and O–H groups in total.